The van der Waals surface area contributed by atoms with Crippen LogP contribution in [0.4, 0.5) is 0 Å². The van der Waals surface area contributed by atoms with Gasteiger partial charge in [-0.3, -0.25) is 4.90 Å². The summed E-state index contributed by atoms with van der Waals surface area (Å²) < 4.78 is 5.33. The molecule has 0 saturated heterocycles. The summed E-state index contributed by atoms with van der Waals surface area (Å²) in [6.45, 7) is 8.05. The second-order valence-electron chi connectivity index (χ2n) is 7.14. The van der Waals surface area contributed by atoms with Crippen LogP contribution in [0, 0.1) is 17.8 Å². The predicted molar refractivity (Wildman–Crippen MR) is 85.0 cm³/mol. The molecule has 3 nitrogen and oxygen atoms in total. The normalized spacial score (nSPS) is 32.5. The van der Waals surface area contributed by atoms with Crippen molar-refractivity contribution >= 4 is 0 Å². The molecule has 2 fully saturated rings. The molecule has 2 aliphatic rings. The van der Waals surface area contributed by atoms with E-state index in [2.05, 4.69) is 31.1 Å². The zero-order chi connectivity index (χ0) is 14.5. The van der Waals surface area contributed by atoms with E-state index in [-0.39, 0.29) is 0 Å². The summed E-state index contributed by atoms with van der Waals surface area (Å²) in [6, 6.07) is 1.45. The molecule has 1 N–H and O–H groups in total. The Morgan fingerprint density at radius 2 is 2.00 bits per heavy atom. The lowest BCUT2D eigenvalue weighted by Crippen LogP contribution is -2.47. The quantitative estimate of drug-likeness (QED) is 0.741. The van der Waals surface area contributed by atoms with Crippen molar-refractivity contribution in [3.05, 3.63) is 0 Å². The van der Waals surface area contributed by atoms with Gasteiger partial charge < -0.3 is 10.1 Å². The van der Waals surface area contributed by atoms with Gasteiger partial charge >= 0.3 is 0 Å². The molecule has 0 spiro atoms. The SMILES string of the molecule is CNC1CCC(C)CC1CN(CCOC)C(C)C1CC1. The Bertz CT molecular complexity index is 280. The van der Waals surface area contributed by atoms with Gasteiger partial charge in [0, 0.05) is 32.3 Å². The molecule has 2 rings (SSSR count). The number of hydrogen-bond acceptors (Lipinski definition) is 3. The highest BCUT2D eigenvalue weighted by Crippen LogP contribution is 2.36. The first-order chi connectivity index (χ1) is 9.65. The van der Waals surface area contributed by atoms with E-state index in [1.807, 2.05) is 7.11 Å². The molecule has 4 unspecified atom stereocenters. The summed E-state index contributed by atoms with van der Waals surface area (Å²) in [6.07, 6.45) is 6.98. The van der Waals surface area contributed by atoms with Gasteiger partial charge in [0.15, 0.2) is 0 Å². The van der Waals surface area contributed by atoms with Gasteiger partial charge in [-0.15, -0.1) is 0 Å². The van der Waals surface area contributed by atoms with Crippen molar-refractivity contribution < 1.29 is 4.74 Å². The third-order valence-electron chi connectivity index (χ3n) is 5.55. The monoisotopic (exact) mass is 282 g/mol. The van der Waals surface area contributed by atoms with E-state index in [0.717, 1.165) is 36.9 Å². The Morgan fingerprint density at radius 3 is 2.60 bits per heavy atom. The van der Waals surface area contributed by atoms with E-state index >= 15 is 0 Å². The van der Waals surface area contributed by atoms with Gasteiger partial charge in [0.25, 0.3) is 0 Å². The molecule has 0 aliphatic heterocycles. The zero-order valence-electron chi connectivity index (χ0n) is 13.9. The average Bonchev–Trinajstić information content (AvgIpc) is 3.27. The minimum absolute atomic E-state index is 0.711. The fourth-order valence-corrected chi connectivity index (χ4v) is 3.93. The fraction of sp³-hybridized carbons (Fsp3) is 1.00. The maximum absolute atomic E-state index is 5.33. The molecule has 4 atom stereocenters. The first-order valence-electron chi connectivity index (χ1n) is 8.56. The highest BCUT2D eigenvalue weighted by atomic mass is 16.5. The lowest BCUT2D eigenvalue weighted by molar-refractivity contribution is 0.0804. The minimum Gasteiger partial charge on any atom is -0.383 e. The van der Waals surface area contributed by atoms with E-state index in [9.17, 15) is 0 Å². The van der Waals surface area contributed by atoms with Crippen LogP contribution in [0.1, 0.15) is 46.0 Å². The molecule has 2 saturated carbocycles. The number of methoxy groups -OCH3 is 1. The smallest absolute Gasteiger partial charge is 0.0589 e. The fourth-order valence-electron chi connectivity index (χ4n) is 3.93. The zero-order valence-corrected chi connectivity index (χ0v) is 13.9. The molecule has 0 aromatic rings. The molecule has 0 bridgehead atoms. The molecule has 20 heavy (non-hydrogen) atoms. The molecule has 0 radical (unpaired) electrons. The Morgan fingerprint density at radius 1 is 1.25 bits per heavy atom. The maximum atomic E-state index is 5.33. The van der Waals surface area contributed by atoms with Crippen molar-refractivity contribution in [2.75, 3.05) is 33.9 Å². The van der Waals surface area contributed by atoms with Gasteiger partial charge in [-0.05, 0) is 63.8 Å². The van der Waals surface area contributed by atoms with E-state index in [4.69, 9.17) is 4.74 Å². The highest BCUT2D eigenvalue weighted by molar-refractivity contribution is 4.89. The molecule has 0 aromatic carbocycles. The first kappa shape index (κ1) is 16.3. The summed E-state index contributed by atoms with van der Waals surface area (Å²) >= 11 is 0. The molecule has 0 amide bonds. The third-order valence-corrected chi connectivity index (χ3v) is 5.55. The van der Waals surface area contributed by atoms with Crippen LogP contribution in [0.25, 0.3) is 0 Å². The number of nitrogens with zero attached hydrogens (tertiary/aromatic N) is 1. The van der Waals surface area contributed by atoms with Gasteiger partial charge in [0.1, 0.15) is 0 Å². The summed E-state index contributed by atoms with van der Waals surface area (Å²) in [5.41, 5.74) is 0. The van der Waals surface area contributed by atoms with E-state index in [1.54, 1.807) is 0 Å². The molecule has 2 aliphatic carbocycles. The number of rotatable bonds is 8. The lowest BCUT2D eigenvalue weighted by atomic mass is 9.78. The van der Waals surface area contributed by atoms with Crippen molar-refractivity contribution in [2.45, 2.75) is 58.0 Å². The molecular formula is C17H34N2O. The Kier molecular flexibility index (Phi) is 6.31. The summed E-state index contributed by atoms with van der Waals surface area (Å²) in [4.78, 5) is 2.70. The summed E-state index contributed by atoms with van der Waals surface area (Å²) in [5, 5.41) is 3.56. The molecule has 0 aromatic heterocycles. The van der Waals surface area contributed by atoms with Crippen LogP contribution in [0.2, 0.25) is 0 Å². The van der Waals surface area contributed by atoms with Gasteiger partial charge in [0.2, 0.25) is 0 Å². The van der Waals surface area contributed by atoms with Crippen molar-refractivity contribution in [1.29, 1.82) is 0 Å². The summed E-state index contributed by atoms with van der Waals surface area (Å²) in [5.74, 6) is 2.65. The maximum Gasteiger partial charge on any atom is 0.0589 e. The molecule has 118 valence electrons. The minimum atomic E-state index is 0.711. The topological polar surface area (TPSA) is 24.5 Å². The largest absolute Gasteiger partial charge is 0.383 e. The van der Waals surface area contributed by atoms with Crippen LogP contribution in [0.5, 0.6) is 0 Å². The van der Waals surface area contributed by atoms with Crippen LogP contribution in [-0.4, -0.2) is 50.8 Å². The van der Waals surface area contributed by atoms with E-state index in [1.165, 1.54) is 38.6 Å². The van der Waals surface area contributed by atoms with Crippen LogP contribution in [0.15, 0.2) is 0 Å². The number of ether oxygens (including phenoxy) is 1. The first-order valence-corrected chi connectivity index (χ1v) is 8.56. The van der Waals surface area contributed by atoms with Crippen LogP contribution in [0.3, 0.4) is 0 Å². The van der Waals surface area contributed by atoms with Crippen molar-refractivity contribution in [2.24, 2.45) is 17.8 Å². The second-order valence-corrected chi connectivity index (χ2v) is 7.14. The highest BCUT2D eigenvalue weighted by Gasteiger charge is 2.35. The lowest BCUT2D eigenvalue weighted by Gasteiger charge is -2.40. The molecule has 0 heterocycles. The van der Waals surface area contributed by atoms with Crippen LogP contribution in [-0.2, 0) is 4.74 Å². The Balaban J connectivity index is 1.93. The van der Waals surface area contributed by atoms with Gasteiger partial charge in [0.05, 0.1) is 6.61 Å². The van der Waals surface area contributed by atoms with Gasteiger partial charge in [-0.1, -0.05) is 6.92 Å². The third kappa shape index (κ3) is 4.44. The predicted octanol–water partition coefficient (Wildman–Crippen LogP) is 2.76. The number of hydrogen-bond donors (Lipinski definition) is 1. The van der Waals surface area contributed by atoms with Crippen molar-refractivity contribution in [1.82, 2.24) is 10.2 Å². The Hall–Kier alpha value is -0.120. The van der Waals surface area contributed by atoms with Crippen molar-refractivity contribution in [3.8, 4) is 0 Å². The average molecular weight is 282 g/mol. The number of nitrogens with one attached hydrogen (secondary N) is 1. The van der Waals surface area contributed by atoms with Gasteiger partial charge in [-0.25, -0.2) is 0 Å². The van der Waals surface area contributed by atoms with Gasteiger partial charge in [-0.2, -0.15) is 0 Å². The van der Waals surface area contributed by atoms with Crippen LogP contribution >= 0.6 is 0 Å². The molecular weight excluding hydrogens is 248 g/mol. The standard InChI is InChI=1S/C17H34N2O/c1-13-5-8-17(18-3)16(11-13)12-19(9-10-20-4)14(2)15-6-7-15/h13-18H,5-12H2,1-4H3. The second kappa shape index (κ2) is 7.77. The Labute approximate surface area is 125 Å². The van der Waals surface area contributed by atoms with Crippen molar-refractivity contribution in [3.63, 3.8) is 0 Å². The van der Waals surface area contributed by atoms with E-state index in [0.29, 0.717) is 6.04 Å². The van der Waals surface area contributed by atoms with Crippen LogP contribution < -0.4 is 5.32 Å². The van der Waals surface area contributed by atoms with E-state index < -0.39 is 0 Å². The summed E-state index contributed by atoms with van der Waals surface area (Å²) in [7, 11) is 3.95. The molecule has 3 heteroatoms.